The monoisotopic (exact) mass is 539 g/mol. The number of carbonyl (C=O) groups is 1. The molecule has 0 saturated heterocycles. The van der Waals surface area contributed by atoms with Gasteiger partial charge in [-0.1, -0.05) is 54.1 Å². The van der Waals surface area contributed by atoms with Gasteiger partial charge < -0.3 is 20.3 Å². The second-order valence-electron chi connectivity index (χ2n) is 10.9. The Morgan fingerprint density at radius 2 is 1.89 bits per heavy atom. The minimum atomic E-state index is -0.937. The van der Waals surface area contributed by atoms with Crippen molar-refractivity contribution in [2.45, 2.75) is 57.8 Å². The average Bonchev–Trinajstić information content (AvgIpc) is 3.70. The molecular formula is C31H35ClFNO4. The Hall–Kier alpha value is -2.77. The van der Waals surface area contributed by atoms with Gasteiger partial charge in [0.05, 0.1) is 29.4 Å². The van der Waals surface area contributed by atoms with Crippen LogP contribution >= 0.6 is 11.6 Å². The molecule has 0 bridgehead atoms. The normalized spacial score (nSPS) is 15.3. The number of halogens is 2. The van der Waals surface area contributed by atoms with Crippen LogP contribution in [-0.4, -0.2) is 41.0 Å². The number of aryl methyl sites for hydroxylation is 1. The number of benzene rings is 3. The Labute approximate surface area is 228 Å². The zero-order valence-corrected chi connectivity index (χ0v) is 22.8. The van der Waals surface area contributed by atoms with Crippen LogP contribution in [0.3, 0.4) is 0 Å². The van der Waals surface area contributed by atoms with Crippen LogP contribution in [0.1, 0.15) is 59.8 Å². The van der Waals surface area contributed by atoms with Gasteiger partial charge in [-0.2, -0.15) is 0 Å². The third-order valence-electron chi connectivity index (χ3n) is 7.00. The van der Waals surface area contributed by atoms with Gasteiger partial charge >= 0.3 is 5.97 Å². The van der Waals surface area contributed by atoms with E-state index in [4.69, 9.17) is 16.3 Å². The number of hydrogen-bond acceptors (Lipinski definition) is 4. The van der Waals surface area contributed by atoms with Crippen LogP contribution in [0.5, 0.6) is 0 Å². The van der Waals surface area contributed by atoms with E-state index in [1.54, 1.807) is 19.1 Å². The highest BCUT2D eigenvalue weighted by molar-refractivity contribution is 6.30. The van der Waals surface area contributed by atoms with E-state index in [9.17, 15) is 19.4 Å². The lowest BCUT2D eigenvalue weighted by atomic mass is 9.92. The van der Waals surface area contributed by atoms with Crippen LogP contribution in [0.15, 0.2) is 60.7 Å². The summed E-state index contributed by atoms with van der Waals surface area (Å²) in [6, 6.07) is 18.2. The van der Waals surface area contributed by atoms with Gasteiger partial charge in [-0.25, -0.2) is 9.18 Å². The Morgan fingerprint density at radius 1 is 1.16 bits per heavy atom. The minimum absolute atomic E-state index is 0.103. The van der Waals surface area contributed by atoms with Gasteiger partial charge in [0.1, 0.15) is 5.82 Å². The smallest absolute Gasteiger partial charge is 0.335 e. The largest absolute Gasteiger partial charge is 0.478 e. The Bertz CT molecular complexity index is 1290. The first kappa shape index (κ1) is 28.2. The van der Waals surface area contributed by atoms with Gasteiger partial charge in [0.15, 0.2) is 0 Å². The van der Waals surface area contributed by atoms with Crippen molar-refractivity contribution >= 4 is 17.6 Å². The highest BCUT2D eigenvalue weighted by atomic mass is 35.5. The molecule has 0 heterocycles. The maximum absolute atomic E-state index is 13.8. The molecule has 0 unspecified atom stereocenters. The van der Waals surface area contributed by atoms with Crippen molar-refractivity contribution in [1.29, 1.82) is 0 Å². The number of nitrogens with one attached hydrogen (secondary N) is 1. The van der Waals surface area contributed by atoms with Gasteiger partial charge in [0, 0.05) is 12.1 Å². The number of hydrogen-bond donors (Lipinski definition) is 3. The van der Waals surface area contributed by atoms with Gasteiger partial charge in [0.25, 0.3) is 0 Å². The predicted molar refractivity (Wildman–Crippen MR) is 148 cm³/mol. The fraction of sp³-hybridized carbons (Fsp3) is 0.387. The van der Waals surface area contributed by atoms with Crippen molar-refractivity contribution in [2.75, 3.05) is 13.2 Å². The molecule has 3 aromatic rings. The summed E-state index contributed by atoms with van der Waals surface area (Å²) in [5.74, 6) is -0.993. The maximum Gasteiger partial charge on any atom is 0.335 e. The summed E-state index contributed by atoms with van der Waals surface area (Å²) in [6.07, 6.45) is 1.82. The Balaban J connectivity index is 1.40. The first-order valence-corrected chi connectivity index (χ1v) is 13.3. The van der Waals surface area contributed by atoms with Gasteiger partial charge in [-0.3, -0.25) is 0 Å². The van der Waals surface area contributed by atoms with E-state index in [1.807, 2.05) is 50.2 Å². The second-order valence-corrected chi connectivity index (χ2v) is 11.3. The molecule has 0 aromatic heterocycles. The SMILES string of the molecule is Cc1cc(-c2ccccc2[C@H](OC[C@H](O)CNC(C)(C)Cc2ccc(Cl)c(F)c2)C2CC2)ccc1C(=O)O. The molecule has 7 heteroatoms. The summed E-state index contributed by atoms with van der Waals surface area (Å²) in [5.41, 5.74) is 4.45. The van der Waals surface area contributed by atoms with Gasteiger partial charge in [0.2, 0.25) is 0 Å². The first-order valence-electron chi connectivity index (χ1n) is 13.0. The number of aliphatic hydroxyl groups is 1. The molecule has 4 rings (SSSR count). The van der Waals surface area contributed by atoms with E-state index in [0.29, 0.717) is 30.0 Å². The number of β-amino-alcohol motifs (C(OH)–C–C–N with tert-alkyl or cyclic N) is 1. The third kappa shape index (κ3) is 7.20. The molecule has 1 saturated carbocycles. The topological polar surface area (TPSA) is 78.8 Å². The third-order valence-corrected chi connectivity index (χ3v) is 7.31. The maximum atomic E-state index is 13.8. The molecule has 3 aromatic carbocycles. The molecule has 1 aliphatic rings. The van der Waals surface area contributed by atoms with E-state index in [-0.39, 0.29) is 23.3 Å². The first-order chi connectivity index (χ1) is 18.0. The van der Waals surface area contributed by atoms with E-state index < -0.39 is 17.9 Å². The fourth-order valence-electron chi connectivity index (χ4n) is 4.85. The van der Waals surface area contributed by atoms with Crippen molar-refractivity contribution < 1.29 is 24.1 Å². The highest BCUT2D eigenvalue weighted by Crippen LogP contribution is 2.46. The molecule has 0 amide bonds. The summed E-state index contributed by atoms with van der Waals surface area (Å²) in [5, 5.41) is 23.6. The van der Waals surface area contributed by atoms with Crippen molar-refractivity contribution in [3.63, 3.8) is 0 Å². The van der Waals surface area contributed by atoms with E-state index in [1.165, 1.54) is 6.07 Å². The van der Waals surface area contributed by atoms with Crippen molar-refractivity contribution in [3.05, 3.63) is 93.8 Å². The molecule has 0 aliphatic heterocycles. The zero-order valence-electron chi connectivity index (χ0n) is 22.0. The number of carboxylic acids is 1. The number of carboxylic acid groups (broad SMARTS) is 1. The molecule has 202 valence electrons. The van der Waals surface area contributed by atoms with E-state index >= 15 is 0 Å². The summed E-state index contributed by atoms with van der Waals surface area (Å²) in [7, 11) is 0. The molecule has 1 fully saturated rings. The lowest BCUT2D eigenvalue weighted by Gasteiger charge is -2.29. The van der Waals surface area contributed by atoms with Crippen LogP contribution in [0.4, 0.5) is 4.39 Å². The zero-order chi connectivity index (χ0) is 27.4. The molecule has 3 N–H and O–H groups in total. The van der Waals surface area contributed by atoms with Gasteiger partial charge in [-0.05, 0) is 92.0 Å². The Morgan fingerprint density at radius 3 is 2.55 bits per heavy atom. The minimum Gasteiger partial charge on any atom is -0.478 e. The fourth-order valence-corrected chi connectivity index (χ4v) is 4.97. The standard InChI is InChI=1S/C31H35ClFNO4/c1-19-14-22(11-12-24(19)30(36)37)25-6-4-5-7-26(25)29(21-9-10-21)38-18-23(35)17-34-31(2,3)16-20-8-13-27(32)28(33)15-20/h4-8,11-15,21,23,29,34-35H,9-10,16-18H2,1-3H3,(H,36,37)/t23-,29-/m1/s1. The number of aromatic carboxylic acids is 1. The summed E-state index contributed by atoms with van der Waals surface area (Å²) >= 11 is 5.80. The average molecular weight is 540 g/mol. The van der Waals surface area contributed by atoms with E-state index in [2.05, 4.69) is 11.4 Å². The number of rotatable bonds is 12. The summed E-state index contributed by atoms with van der Waals surface area (Å²) < 4.78 is 20.2. The van der Waals surface area contributed by atoms with E-state index in [0.717, 1.165) is 35.1 Å². The van der Waals surface area contributed by atoms with Gasteiger partial charge in [-0.15, -0.1) is 0 Å². The molecule has 38 heavy (non-hydrogen) atoms. The summed E-state index contributed by atoms with van der Waals surface area (Å²) in [6.45, 7) is 6.32. The lowest BCUT2D eigenvalue weighted by Crippen LogP contribution is -2.46. The number of ether oxygens (including phenoxy) is 1. The molecule has 2 atom stereocenters. The quantitative estimate of drug-likeness (QED) is 0.242. The molecular weight excluding hydrogens is 505 g/mol. The highest BCUT2D eigenvalue weighted by Gasteiger charge is 2.35. The van der Waals surface area contributed by atoms with Crippen LogP contribution in [-0.2, 0) is 11.2 Å². The van der Waals surface area contributed by atoms with Crippen molar-refractivity contribution in [3.8, 4) is 11.1 Å². The van der Waals surface area contributed by atoms with Crippen LogP contribution < -0.4 is 5.32 Å². The molecule has 0 spiro atoms. The number of aliphatic hydroxyl groups excluding tert-OH is 1. The van der Waals surface area contributed by atoms with Crippen LogP contribution in [0.2, 0.25) is 5.02 Å². The Kier molecular flexibility index (Phi) is 8.89. The second kappa shape index (κ2) is 12.0. The van der Waals surface area contributed by atoms with Crippen molar-refractivity contribution in [1.82, 2.24) is 5.32 Å². The van der Waals surface area contributed by atoms with Crippen LogP contribution in [0.25, 0.3) is 11.1 Å². The molecule has 5 nitrogen and oxygen atoms in total. The summed E-state index contributed by atoms with van der Waals surface area (Å²) in [4.78, 5) is 11.5. The van der Waals surface area contributed by atoms with Crippen LogP contribution in [0, 0.1) is 18.7 Å². The molecule has 0 radical (unpaired) electrons. The predicted octanol–water partition coefficient (Wildman–Crippen LogP) is 6.59. The van der Waals surface area contributed by atoms with Crippen molar-refractivity contribution in [2.24, 2.45) is 5.92 Å². The lowest BCUT2D eigenvalue weighted by molar-refractivity contribution is -0.0209. The molecule has 1 aliphatic carbocycles.